The summed E-state index contributed by atoms with van der Waals surface area (Å²) in [4.78, 5) is 36.6. The highest BCUT2D eigenvalue weighted by Gasteiger charge is 2.55. The summed E-state index contributed by atoms with van der Waals surface area (Å²) in [6.45, 7) is 4.25. The Kier molecular flexibility index (Phi) is 4.02. The zero-order valence-corrected chi connectivity index (χ0v) is 13.5. The van der Waals surface area contributed by atoms with Gasteiger partial charge in [-0.05, 0) is 26.8 Å². The zero-order valence-electron chi connectivity index (χ0n) is 13.5. The molecule has 1 aliphatic heterocycles. The summed E-state index contributed by atoms with van der Waals surface area (Å²) in [5.41, 5.74) is -1.64. The van der Waals surface area contributed by atoms with Gasteiger partial charge >= 0.3 is 6.09 Å². The van der Waals surface area contributed by atoms with E-state index in [4.69, 9.17) is 4.74 Å². The Hall–Kier alpha value is -2.64. The second-order valence-corrected chi connectivity index (χ2v) is 6.40. The average Bonchev–Trinajstić information content (AvgIpc) is 2.59. The van der Waals surface area contributed by atoms with Gasteiger partial charge < -0.3 is 9.64 Å². The first-order valence-electron chi connectivity index (χ1n) is 7.07. The van der Waals surface area contributed by atoms with E-state index in [1.54, 1.807) is 45.0 Å². The molecule has 1 aromatic carbocycles. The molecule has 1 aromatic rings. The number of ether oxygens (including phenoxy) is 1. The standard InChI is InChI=1S/C15H19N3O5/c1-14(2,3)23-13(20)16-15(9-18(21)22)10-7-5-6-8-11(10)17(4)12(15)19/h5-8H,9H2,1-4H3,(H,16,20)/t15-/m0/s1. The summed E-state index contributed by atoms with van der Waals surface area (Å²) in [5, 5.41) is 13.6. The van der Waals surface area contributed by atoms with Gasteiger partial charge in [0.05, 0.1) is 0 Å². The third-order valence-corrected chi connectivity index (χ3v) is 3.48. The average molecular weight is 321 g/mol. The van der Waals surface area contributed by atoms with Gasteiger partial charge in [0.2, 0.25) is 12.1 Å². The number of carbonyl (C=O) groups excluding carboxylic acids is 2. The minimum atomic E-state index is -1.77. The molecule has 0 aromatic heterocycles. The number of anilines is 1. The Morgan fingerprint density at radius 3 is 2.57 bits per heavy atom. The van der Waals surface area contributed by atoms with Gasteiger partial charge in [-0.25, -0.2) is 4.79 Å². The van der Waals surface area contributed by atoms with Gasteiger partial charge in [0, 0.05) is 23.2 Å². The molecular formula is C15H19N3O5. The van der Waals surface area contributed by atoms with E-state index in [2.05, 4.69) is 5.32 Å². The van der Waals surface area contributed by atoms with E-state index in [0.717, 1.165) is 0 Å². The largest absolute Gasteiger partial charge is 0.444 e. The van der Waals surface area contributed by atoms with E-state index < -0.39 is 34.6 Å². The molecule has 8 nitrogen and oxygen atoms in total. The molecule has 1 heterocycles. The lowest BCUT2D eigenvalue weighted by Crippen LogP contribution is -2.57. The highest BCUT2D eigenvalue weighted by atomic mass is 16.6. The number of alkyl carbamates (subject to hydrolysis) is 1. The van der Waals surface area contributed by atoms with Crippen molar-refractivity contribution in [1.29, 1.82) is 0 Å². The number of nitrogens with one attached hydrogen (secondary N) is 1. The van der Waals surface area contributed by atoms with Crippen LogP contribution in [0, 0.1) is 10.1 Å². The monoisotopic (exact) mass is 321 g/mol. The lowest BCUT2D eigenvalue weighted by atomic mass is 9.91. The van der Waals surface area contributed by atoms with Crippen molar-refractivity contribution in [2.75, 3.05) is 18.5 Å². The minimum Gasteiger partial charge on any atom is -0.444 e. The number of fused-ring (bicyclic) bond motifs is 1. The quantitative estimate of drug-likeness (QED) is 0.674. The van der Waals surface area contributed by atoms with Crippen molar-refractivity contribution in [3.63, 3.8) is 0 Å². The van der Waals surface area contributed by atoms with Crippen LogP contribution in [0.15, 0.2) is 24.3 Å². The van der Waals surface area contributed by atoms with Gasteiger partial charge in [-0.15, -0.1) is 0 Å². The fourth-order valence-electron chi connectivity index (χ4n) is 2.62. The van der Waals surface area contributed by atoms with Gasteiger partial charge in [0.15, 0.2) is 0 Å². The fourth-order valence-corrected chi connectivity index (χ4v) is 2.62. The van der Waals surface area contributed by atoms with E-state index in [0.29, 0.717) is 11.3 Å². The van der Waals surface area contributed by atoms with Crippen molar-refractivity contribution in [1.82, 2.24) is 5.32 Å². The number of amides is 2. The number of likely N-dealkylation sites (N-methyl/N-ethyl adjacent to an activating group) is 1. The van der Waals surface area contributed by atoms with Crippen molar-refractivity contribution >= 4 is 17.7 Å². The van der Waals surface area contributed by atoms with E-state index in [9.17, 15) is 19.7 Å². The minimum absolute atomic E-state index is 0.384. The van der Waals surface area contributed by atoms with Crippen molar-refractivity contribution in [2.24, 2.45) is 0 Å². The smallest absolute Gasteiger partial charge is 0.408 e. The normalized spacial score (nSPS) is 20.2. The van der Waals surface area contributed by atoms with Gasteiger partial charge in [-0.3, -0.25) is 20.2 Å². The molecule has 0 spiro atoms. The first-order chi connectivity index (χ1) is 10.6. The number of rotatable bonds is 3. The van der Waals surface area contributed by atoms with Crippen LogP contribution in [-0.4, -0.2) is 36.1 Å². The maximum atomic E-state index is 12.7. The summed E-state index contributed by atoms with van der Waals surface area (Å²) in [7, 11) is 1.51. The molecule has 2 amide bonds. The van der Waals surface area contributed by atoms with Crippen LogP contribution in [0.5, 0.6) is 0 Å². The molecule has 1 atom stereocenters. The second-order valence-electron chi connectivity index (χ2n) is 6.40. The van der Waals surface area contributed by atoms with Gasteiger partial charge in [0.25, 0.3) is 5.91 Å². The van der Waals surface area contributed by atoms with Crippen LogP contribution >= 0.6 is 0 Å². The van der Waals surface area contributed by atoms with Crippen LogP contribution in [0.25, 0.3) is 0 Å². The molecule has 0 saturated carbocycles. The molecule has 0 aliphatic carbocycles. The van der Waals surface area contributed by atoms with Crippen LogP contribution in [0.1, 0.15) is 26.3 Å². The van der Waals surface area contributed by atoms with E-state index >= 15 is 0 Å². The molecule has 0 bridgehead atoms. The highest BCUT2D eigenvalue weighted by Crippen LogP contribution is 2.39. The molecular weight excluding hydrogens is 302 g/mol. The summed E-state index contributed by atoms with van der Waals surface area (Å²) in [5.74, 6) is -0.568. The van der Waals surface area contributed by atoms with Crippen molar-refractivity contribution in [2.45, 2.75) is 31.9 Å². The number of para-hydroxylation sites is 1. The maximum absolute atomic E-state index is 12.7. The van der Waals surface area contributed by atoms with Crippen molar-refractivity contribution in [3.05, 3.63) is 39.9 Å². The van der Waals surface area contributed by atoms with E-state index in [1.807, 2.05) is 0 Å². The molecule has 124 valence electrons. The molecule has 0 unspecified atom stereocenters. The van der Waals surface area contributed by atoms with Crippen LogP contribution in [0.2, 0.25) is 0 Å². The topological polar surface area (TPSA) is 102 Å². The molecule has 0 radical (unpaired) electrons. The Morgan fingerprint density at radius 2 is 2.00 bits per heavy atom. The first kappa shape index (κ1) is 16.7. The van der Waals surface area contributed by atoms with E-state index in [-0.39, 0.29) is 0 Å². The fraction of sp³-hybridized carbons (Fsp3) is 0.467. The number of benzene rings is 1. The predicted octanol–water partition coefficient (Wildman–Crippen LogP) is 1.66. The SMILES string of the molecule is CN1C(=O)[C@@](C[N+](=O)[O-])(NC(=O)OC(C)(C)C)c2ccccc21. The van der Waals surface area contributed by atoms with Crippen LogP contribution in [-0.2, 0) is 15.1 Å². The Balaban J connectivity index is 2.47. The summed E-state index contributed by atoms with van der Waals surface area (Å²) in [6.07, 6.45) is -0.877. The molecule has 1 aliphatic rings. The van der Waals surface area contributed by atoms with Crippen molar-refractivity contribution < 1.29 is 19.2 Å². The maximum Gasteiger partial charge on any atom is 0.408 e. The van der Waals surface area contributed by atoms with Gasteiger partial charge in [0.1, 0.15) is 5.60 Å². The Morgan fingerprint density at radius 1 is 1.39 bits per heavy atom. The Labute approximate surface area is 133 Å². The molecule has 23 heavy (non-hydrogen) atoms. The third kappa shape index (κ3) is 3.10. The molecule has 0 fully saturated rings. The lowest BCUT2D eigenvalue weighted by molar-refractivity contribution is -0.488. The molecule has 0 saturated heterocycles. The third-order valence-electron chi connectivity index (χ3n) is 3.48. The summed E-state index contributed by atoms with van der Waals surface area (Å²) in [6, 6.07) is 6.65. The number of hydrogen-bond donors (Lipinski definition) is 1. The van der Waals surface area contributed by atoms with Crippen LogP contribution < -0.4 is 10.2 Å². The summed E-state index contributed by atoms with van der Waals surface area (Å²) >= 11 is 0. The Bertz CT molecular complexity index is 667. The van der Waals surface area contributed by atoms with Crippen LogP contribution in [0.3, 0.4) is 0 Å². The van der Waals surface area contributed by atoms with Crippen molar-refractivity contribution in [3.8, 4) is 0 Å². The van der Waals surface area contributed by atoms with Gasteiger partial charge in [-0.1, -0.05) is 18.2 Å². The van der Waals surface area contributed by atoms with Crippen LogP contribution in [0.4, 0.5) is 10.5 Å². The second kappa shape index (κ2) is 5.53. The molecule has 1 N–H and O–H groups in total. The summed E-state index contributed by atoms with van der Waals surface area (Å²) < 4.78 is 5.16. The number of nitrogens with zero attached hydrogens (tertiary/aromatic N) is 2. The molecule has 8 heteroatoms. The number of hydrogen-bond acceptors (Lipinski definition) is 5. The zero-order chi connectivity index (χ0) is 17.4. The number of carbonyl (C=O) groups is 2. The van der Waals surface area contributed by atoms with E-state index in [1.165, 1.54) is 11.9 Å². The molecule has 2 rings (SSSR count). The lowest BCUT2D eigenvalue weighted by Gasteiger charge is -2.27. The first-order valence-corrected chi connectivity index (χ1v) is 7.07. The number of nitro groups is 1. The predicted molar refractivity (Wildman–Crippen MR) is 82.8 cm³/mol. The van der Waals surface area contributed by atoms with Gasteiger partial charge in [-0.2, -0.15) is 0 Å². The highest BCUT2D eigenvalue weighted by molar-refractivity contribution is 6.08.